The highest BCUT2D eigenvalue weighted by Gasteiger charge is 2.13. The summed E-state index contributed by atoms with van der Waals surface area (Å²) in [6.45, 7) is 2.07. The zero-order valence-electron chi connectivity index (χ0n) is 9.57. The molecule has 0 saturated carbocycles. The summed E-state index contributed by atoms with van der Waals surface area (Å²) in [6.07, 6.45) is 1.58. The molecule has 0 radical (unpaired) electrons. The van der Waals surface area contributed by atoms with Gasteiger partial charge in [-0.15, -0.1) is 0 Å². The molecule has 0 aliphatic rings. The maximum absolute atomic E-state index is 11.7. The Balaban J connectivity index is 2.67. The van der Waals surface area contributed by atoms with Gasteiger partial charge in [-0.25, -0.2) is 0 Å². The summed E-state index contributed by atoms with van der Waals surface area (Å²) in [4.78, 5) is 11.7. The van der Waals surface area contributed by atoms with Crippen LogP contribution in [-0.4, -0.2) is 33.3 Å². The molecule has 0 heterocycles. The van der Waals surface area contributed by atoms with Crippen molar-refractivity contribution in [3.63, 3.8) is 0 Å². The number of hydrogen-bond acceptors (Lipinski definition) is 3. The fourth-order valence-corrected chi connectivity index (χ4v) is 1.63. The molecule has 1 aromatic rings. The third-order valence-corrected chi connectivity index (χ3v) is 3.86. The Morgan fingerprint density at radius 1 is 1.59 bits per heavy atom. The number of carbonyl (C=O) groups is 1. The Bertz CT molecular complexity index is 450. The van der Waals surface area contributed by atoms with Gasteiger partial charge < -0.3 is 10.4 Å². The van der Waals surface area contributed by atoms with Crippen molar-refractivity contribution >= 4 is 28.3 Å². The molecule has 94 valence electrons. The maximum Gasteiger partial charge on any atom is 0.255 e. The minimum Gasteiger partial charge on any atom is -0.507 e. The predicted molar refractivity (Wildman–Crippen MR) is 69.0 cm³/mol. The molecule has 6 heteroatoms. The van der Waals surface area contributed by atoms with Crippen molar-refractivity contribution in [1.29, 1.82) is 0 Å². The highest BCUT2D eigenvalue weighted by Crippen LogP contribution is 2.21. The van der Waals surface area contributed by atoms with E-state index in [9.17, 15) is 14.1 Å². The molecule has 0 aromatic heterocycles. The van der Waals surface area contributed by atoms with Crippen LogP contribution < -0.4 is 5.32 Å². The molecule has 2 N–H and O–H groups in total. The van der Waals surface area contributed by atoms with Crippen molar-refractivity contribution in [3.05, 3.63) is 28.8 Å². The monoisotopic (exact) mass is 275 g/mol. The highest BCUT2D eigenvalue weighted by atomic mass is 35.5. The second kappa shape index (κ2) is 6.02. The van der Waals surface area contributed by atoms with E-state index in [1.165, 1.54) is 18.2 Å². The van der Waals surface area contributed by atoms with E-state index >= 15 is 0 Å². The number of hydrogen-bond donors (Lipinski definition) is 2. The van der Waals surface area contributed by atoms with E-state index in [-0.39, 0.29) is 16.6 Å². The topological polar surface area (TPSA) is 66.4 Å². The summed E-state index contributed by atoms with van der Waals surface area (Å²) < 4.78 is 11.1. The molecule has 0 fully saturated rings. The number of rotatable bonds is 4. The minimum absolute atomic E-state index is 0.131. The molecule has 2 unspecified atom stereocenters. The van der Waals surface area contributed by atoms with Gasteiger partial charge in [0.25, 0.3) is 5.91 Å². The second-order valence-corrected chi connectivity index (χ2v) is 5.92. The van der Waals surface area contributed by atoms with Crippen molar-refractivity contribution in [2.75, 3.05) is 12.8 Å². The molecule has 1 aromatic carbocycles. The van der Waals surface area contributed by atoms with Crippen LogP contribution in [0.1, 0.15) is 17.3 Å². The maximum atomic E-state index is 11.7. The Labute approximate surface area is 107 Å². The van der Waals surface area contributed by atoms with E-state index in [2.05, 4.69) is 5.32 Å². The van der Waals surface area contributed by atoms with E-state index in [1.54, 1.807) is 13.2 Å². The zero-order chi connectivity index (χ0) is 13.0. The predicted octanol–water partition coefficient (Wildman–Crippen LogP) is 1.54. The molecule has 0 aliphatic heterocycles. The van der Waals surface area contributed by atoms with Crippen LogP contribution in [0.15, 0.2) is 18.2 Å². The van der Waals surface area contributed by atoms with Crippen molar-refractivity contribution < 1.29 is 14.1 Å². The molecule has 0 bridgehead atoms. The number of phenols is 1. The largest absolute Gasteiger partial charge is 0.507 e. The van der Waals surface area contributed by atoms with Gasteiger partial charge in [0.05, 0.1) is 5.56 Å². The van der Waals surface area contributed by atoms with Gasteiger partial charge >= 0.3 is 0 Å². The van der Waals surface area contributed by atoms with Gasteiger partial charge in [-0.1, -0.05) is 11.6 Å². The summed E-state index contributed by atoms with van der Waals surface area (Å²) in [6, 6.07) is 4.27. The van der Waals surface area contributed by atoms with Crippen molar-refractivity contribution in [3.8, 4) is 5.75 Å². The Kier molecular flexibility index (Phi) is 4.96. The summed E-state index contributed by atoms with van der Waals surface area (Å²) in [5.74, 6) is -0.572. The number of benzene rings is 1. The van der Waals surface area contributed by atoms with Crippen molar-refractivity contribution in [1.82, 2.24) is 5.32 Å². The fourth-order valence-electron chi connectivity index (χ4n) is 1.15. The molecule has 4 nitrogen and oxygen atoms in total. The molecular weight excluding hydrogens is 262 g/mol. The third-order valence-electron chi connectivity index (χ3n) is 2.32. The zero-order valence-corrected chi connectivity index (χ0v) is 11.1. The van der Waals surface area contributed by atoms with Crippen LogP contribution >= 0.6 is 11.6 Å². The summed E-state index contributed by atoms with van der Waals surface area (Å²) in [5, 5.41) is 12.4. The molecular formula is C11H14ClNO3S. The van der Waals surface area contributed by atoms with Gasteiger partial charge in [-0.05, 0) is 25.1 Å². The van der Waals surface area contributed by atoms with E-state index in [1.807, 2.05) is 0 Å². The van der Waals surface area contributed by atoms with E-state index < -0.39 is 16.7 Å². The SMILES string of the molecule is CC(CNC(=O)c1ccc(Cl)cc1O)S(C)=O. The number of halogens is 1. The molecule has 1 rings (SSSR count). The van der Waals surface area contributed by atoms with E-state index in [0.717, 1.165) is 0 Å². The van der Waals surface area contributed by atoms with Gasteiger partial charge in [0.2, 0.25) is 0 Å². The summed E-state index contributed by atoms with van der Waals surface area (Å²) in [7, 11) is -0.990. The average Bonchev–Trinajstić information content (AvgIpc) is 2.25. The number of phenolic OH excluding ortho intramolecular Hbond substituents is 1. The standard InChI is InChI=1S/C11H14ClNO3S/c1-7(17(2)16)6-13-11(15)9-4-3-8(12)5-10(9)14/h3-5,7,14H,6H2,1-2H3,(H,13,15). The first-order valence-corrected chi connectivity index (χ1v) is 7.00. The Morgan fingerprint density at radius 3 is 2.76 bits per heavy atom. The summed E-state index contributed by atoms with van der Waals surface area (Å²) in [5.41, 5.74) is 0.156. The molecule has 0 spiro atoms. The fraction of sp³-hybridized carbons (Fsp3) is 0.364. The lowest BCUT2D eigenvalue weighted by Gasteiger charge is -2.10. The first-order chi connectivity index (χ1) is 7.91. The third kappa shape index (κ3) is 4.02. The van der Waals surface area contributed by atoms with Crippen molar-refractivity contribution in [2.24, 2.45) is 0 Å². The Morgan fingerprint density at radius 2 is 2.24 bits per heavy atom. The number of aromatic hydroxyl groups is 1. The van der Waals surface area contributed by atoms with E-state index in [4.69, 9.17) is 11.6 Å². The minimum atomic E-state index is -0.990. The molecule has 0 saturated heterocycles. The first-order valence-electron chi connectivity index (χ1n) is 5.00. The smallest absolute Gasteiger partial charge is 0.255 e. The summed E-state index contributed by atoms with van der Waals surface area (Å²) >= 11 is 5.66. The van der Waals surface area contributed by atoms with Gasteiger partial charge in [0.1, 0.15) is 5.75 Å². The van der Waals surface area contributed by atoms with Crippen LogP contribution in [0.2, 0.25) is 5.02 Å². The number of amides is 1. The van der Waals surface area contributed by atoms with E-state index in [0.29, 0.717) is 11.6 Å². The number of carbonyl (C=O) groups excluding carboxylic acids is 1. The van der Waals surface area contributed by atoms with Crippen LogP contribution in [0.4, 0.5) is 0 Å². The van der Waals surface area contributed by atoms with Crippen LogP contribution in [-0.2, 0) is 10.8 Å². The molecule has 2 atom stereocenters. The lowest BCUT2D eigenvalue weighted by atomic mass is 10.2. The highest BCUT2D eigenvalue weighted by molar-refractivity contribution is 7.84. The Hall–Kier alpha value is -1.07. The lowest BCUT2D eigenvalue weighted by molar-refractivity contribution is 0.0951. The molecule has 1 amide bonds. The van der Waals surface area contributed by atoms with Gasteiger partial charge in [0, 0.05) is 33.9 Å². The second-order valence-electron chi connectivity index (χ2n) is 3.68. The quantitative estimate of drug-likeness (QED) is 0.876. The van der Waals surface area contributed by atoms with Crippen LogP contribution in [0.5, 0.6) is 5.75 Å². The van der Waals surface area contributed by atoms with Crippen molar-refractivity contribution in [2.45, 2.75) is 12.2 Å². The van der Waals surface area contributed by atoms with Crippen LogP contribution in [0.3, 0.4) is 0 Å². The molecule has 17 heavy (non-hydrogen) atoms. The van der Waals surface area contributed by atoms with Gasteiger partial charge in [-0.3, -0.25) is 9.00 Å². The normalized spacial score (nSPS) is 14.1. The average molecular weight is 276 g/mol. The first kappa shape index (κ1) is 14.0. The van der Waals surface area contributed by atoms with Gasteiger partial charge in [0.15, 0.2) is 0 Å². The molecule has 0 aliphatic carbocycles. The lowest BCUT2D eigenvalue weighted by Crippen LogP contribution is -2.32. The van der Waals surface area contributed by atoms with Crippen LogP contribution in [0, 0.1) is 0 Å². The number of nitrogens with one attached hydrogen (secondary N) is 1. The van der Waals surface area contributed by atoms with Gasteiger partial charge in [-0.2, -0.15) is 0 Å². The van der Waals surface area contributed by atoms with Crippen LogP contribution in [0.25, 0.3) is 0 Å².